The van der Waals surface area contributed by atoms with E-state index in [1.54, 1.807) is 6.20 Å². The van der Waals surface area contributed by atoms with Gasteiger partial charge in [-0.3, -0.25) is 4.90 Å². The van der Waals surface area contributed by atoms with E-state index in [2.05, 4.69) is 35.5 Å². The smallest absolute Gasteiger partial charge is 0.421 e. The van der Waals surface area contributed by atoms with E-state index in [9.17, 15) is 17.6 Å². The Morgan fingerprint density at radius 1 is 1.16 bits per heavy atom. The van der Waals surface area contributed by atoms with Gasteiger partial charge in [-0.2, -0.15) is 13.2 Å². The van der Waals surface area contributed by atoms with Crippen LogP contribution in [0.25, 0.3) is 22.6 Å². The number of hydrogen-bond acceptors (Lipinski definition) is 9. The predicted octanol–water partition coefficient (Wildman–Crippen LogP) is 4.74. The van der Waals surface area contributed by atoms with Crippen molar-refractivity contribution in [3.8, 4) is 17.3 Å². The van der Waals surface area contributed by atoms with Crippen LogP contribution < -0.4 is 4.74 Å². The molecule has 228 valence electrons. The second kappa shape index (κ2) is 11.4. The Bertz CT molecular complexity index is 1830. The molecule has 44 heavy (non-hydrogen) atoms. The van der Waals surface area contributed by atoms with Gasteiger partial charge in [0.15, 0.2) is 11.5 Å². The molecule has 1 saturated heterocycles. The lowest BCUT2D eigenvalue weighted by molar-refractivity contribution is -0.139. The maximum absolute atomic E-state index is 14.3. The van der Waals surface area contributed by atoms with Gasteiger partial charge in [0.25, 0.3) is 0 Å². The predicted molar refractivity (Wildman–Crippen MR) is 148 cm³/mol. The average Bonchev–Trinajstić information content (AvgIpc) is 3.61. The van der Waals surface area contributed by atoms with Crippen LogP contribution in [0.1, 0.15) is 34.6 Å². The molecule has 7 rings (SSSR count). The number of rotatable bonds is 8. The van der Waals surface area contributed by atoms with Gasteiger partial charge in [0.05, 0.1) is 24.9 Å². The van der Waals surface area contributed by atoms with Crippen molar-refractivity contribution in [2.24, 2.45) is 0 Å². The summed E-state index contributed by atoms with van der Waals surface area (Å²) >= 11 is 5.80. The zero-order chi connectivity index (χ0) is 30.4. The molecule has 2 aliphatic heterocycles. The number of pyridine rings is 2. The summed E-state index contributed by atoms with van der Waals surface area (Å²) in [5.74, 6) is -0.0718. The highest BCUT2D eigenvalue weighted by Gasteiger charge is 2.37. The largest absolute Gasteiger partial charge is 0.472 e. The number of tetrazole rings is 1. The molecule has 1 N–H and O–H groups in total. The van der Waals surface area contributed by atoms with E-state index in [0.29, 0.717) is 66.5 Å². The van der Waals surface area contributed by atoms with Crippen molar-refractivity contribution >= 4 is 22.8 Å². The number of aromatic amines is 1. The van der Waals surface area contributed by atoms with E-state index in [-0.39, 0.29) is 23.2 Å². The molecular weight excluding hydrogens is 606 g/mol. The Kier molecular flexibility index (Phi) is 7.38. The molecule has 5 aromatic rings. The summed E-state index contributed by atoms with van der Waals surface area (Å²) in [6, 6.07) is 6.82. The number of benzene rings is 1. The number of nitrogens with one attached hydrogen (secondary N) is 1. The number of halogens is 5. The molecule has 1 fully saturated rings. The Hall–Kier alpha value is -4.21. The lowest BCUT2D eigenvalue weighted by Crippen LogP contribution is -2.34. The molecule has 0 radical (unpaired) electrons. The first kappa shape index (κ1) is 28.6. The molecule has 4 aromatic heterocycles. The third kappa shape index (κ3) is 5.69. The van der Waals surface area contributed by atoms with Crippen molar-refractivity contribution in [3.05, 3.63) is 75.6 Å². The minimum atomic E-state index is -4.70. The number of fused-ring (bicyclic) bond motifs is 2. The molecule has 2 aliphatic rings. The molecular formula is C28H24ClF4N9O2. The molecule has 1 atom stereocenters. The molecule has 1 aromatic carbocycles. The first-order valence-corrected chi connectivity index (χ1v) is 14.2. The van der Waals surface area contributed by atoms with Crippen molar-refractivity contribution in [3.63, 3.8) is 0 Å². The van der Waals surface area contributed by atoms with Crippen molar-refractivity contribution in [1.29, 1.82) is 0 Å². The van der Waals surface area contributed by atoms with Crippen molar-refractivity contribution in [1.82, 2.24) is 45.0 Å². The molecule has 0 spiro atoms. The van der Waals surface area contributed by atoms with Gasteiger partial charge >= 0.3 is 6.18 Å². The summed E-state index contributed by atoms with van der Waals surface area (Å²) < 4.78 is 69.4. The van der Waals surface area contributed by atoms with E-state index in [0.717, 1.165) is 24.4 Å². The first-order valence-electron chi connectivity index (χ1n) is 13.8. The van der Waals surface area contributed by atoms with Gasteiger partial charge in [0, 0.05) is 42.0 Å². The standard InChI is InChI=1S/C28H24ClF4N9O2/c29-18-2-1-16(21(30)9-18)14-44-27-20(28(31,32)33)7-15-3-5-41(12-23(15)36-27)13-24-35-22-8-17(25-37-39-40-38-25)10-34-26(22)42(24)11-19-4-6-43-19/h1-2,7-10,19H,3-6,11-14H2,(H,37,38,39,40)/t19-/m0/s1. The second-order valence-electron chi connectivity index (χ2n) is 10.7. The lowest BCUT2D eigenvalue weighted by Gasteiger charge is -2.30. The van der Waals surface area contributed by atoms with Crippen LogP contribution in [0.2, 0.25) is 5.02 Å². The minimum absolute atomic E-state index is 0.0424. The fraction of sp³-hybridized carbons (Fsp3) is 0.357. The summed E-state index contributed by atoms with van der Waals surface area (Å²) in [7, 11) is 0. The van der Waals surface area contributed by atoms with Crippen LogP contribution in [0.5, 0.6) is 5.88 Å². The van der Waals surface area contributed by atoms with Crippen molar-refractivity contribution < 1.29 is 27.0 Å². The average molecular weight is 630 g/mol. The van der Waals surface area contributed by atoms with Crippen molar-refractivity contribution in [2.75, 3.05) is 13.2 Å². The monoisotopic (exact) mass is 629 g/mol. The molecule has 16 heteroatoms. The minimum Gasteiger partial charge on any atom is -0.472 e. The maximum atomic E-state index is 14.3. The third-order valence-electron chi connectivity index (χ3n) is 7.74. The molecule has 0 amide bonds. The molecule has 0 saturated carbocycles. The highest BCUT2D eigenvalue weighted by atomic mass is 35.5. The molecule has 0 bridgehead atoms. The number of nitrogens with zero attached hydrogens (tertiary/aromatic N) is 8. The van der Waals surface area contributed by atoms with E-state index in [1.165, 1.54) is 12.1 Å². The number of ether oxygens (including phenoxy) is 2. The Morgan fingerprint density at radius 3 is 2.75 bits per heavy atom. The van der Waals surface area contributed by atoms with E-state index < -0.39 is 30.0 Å². The zero-order valence-electron chi connectivity index (χ0n) is 23.0. The fourth-order valence-electron chi connectivity index (χ4n) is 5.34. The normalized spacial score (nSPS) is 17.1. The van der Waals surface area contributed by atoms with Gasteiger partial charge in [-0.05, 0) is 53.1 Å². The highest BCUT2D eigenvalue weighted by Crippen LogP contribution is 2.38. The number of aromatic nitrogens is 8. The molecule has 6 heterocycles. The first-order chi connectivity index (χ1) is 21.2. The van der Waals surface area contributed by atoms with Gasteiger partial charge in [0.1, 0.15) is 29.3 Å². The highest BCUT2D eigenvalue weighted by molar-refractivity contribution is 6.30. The second-order valence-corrected chi connectivity index (χ2v) is 11.1. The van der Waals surface area contributed by atoms with Crippen LogP contribution >= 0.6 is 11.6 Å². The van der Waals surface area contributed by atoms with Crippen LogP contribution in [0, 0.1) is 5.82 Å². The molecule has 0 unspecified atom stereocenters. The van der Waals surface area contributed by atoms with Gasteiger partial charge < -0.3 is 14.0 Å². The van der Waals surface area contributed by atoms with Crippen LogP contribution in [-0.2, 0) is 43.6 Å². The number of hydrogen-bond donors (Lipinski definition) is 1. The number of H-pyrrole nitrogens is 1. The topological polar surface area (TPSA) is 120 Å². The quantitative estimate of drug-likeness (QED) is 0.243. The van der Waals surface area contributed by atoms with Crippen LogP contribution in [0.3, 0.4) is 0 Å². The van der Waals surface area contributed by atoms with Crippen LogP contribution in [-0.4, -0.2) is 64.3 Å². The summed E-state index contributed by atoms with van der Waals surface area (Å²) in [6.45, 7) is 1.99. The van der Waals surface area contributed by atoms with Gasteiger partial charge in [-0.15, -0.1) is 5.10 Å². The Balaban J connectivity index is 1.16. The van der Waals surface area contributed by atoms with Crippen LogP contribution in [0.15, 0.2) is 36.5 Å². The summed E-state index contributed by atoms with van der Waals surface area (Å²) in [4.78, 5) is 15.9. The maximum Gasteiger partial charge on any atom is 0.421 e. The SMILES string of the molecule is Fc1cc(Cl)ccc1COc1nc2c(cc1C(F)(F)F)CCN(Cc1nc3cc(-c4nnn[nH]4)cnc3n1C[C@@H]1CCO1)C2. The number of alkyl halides is 3. The van der Waals surface area contributed by atoms with Gasteiger partial charge in [0.2, 0.25) is 5.88 Å². The Morgan fingerprint density at radius 2 is 2.02 bits per heavy atom. The summed E-state index contributed by atoms with van der Waals surface area (Å²) in [5.41, 5.74) is 2.03. The lowest BCUT2D eigenvalue weighted by atomic mass is 10.0. The van der Waals surface area contributed by atoms with Crippen LogP contribution in [0.4, 0.5) is 17.6 Å². The summed E-state index contributed by atoms with van der Waals surface area (Å²) in [6.07, 6.45) is -1.71. The van der Waals surface area contributed by atoms with Gasteiger partial charge in [-0.1, -0.05) is 17.7 Å². The summed E-state index contributed by atoms with van der Waals surface area (Å²) in [5, 5.41) is 14.1. The van der Waals surface area contributed by atoms with E-state index in [4.69, 9.17) is 26.1 Å². The van der Waals surface area contributed by atoms with E-state index >= 15 is 0 Å². The molecule has 0 aliphatic carbocycles. The fourth-order valence-corrected chi connectivity index (χ4v) is 5.50. The Labute approximate surface area is 252 Å². The number of imidazole rings is 1. The molecule has 11 nitrogen and oxygen atoms in total. The van der Waals surface area contributed by atoms with Crippen molar-refractivity contribution in [2.45, 2.75) is 51.4 Å². The van der Waals surface area contributed by atoms with E-state index in [1.807, 2.05) is 10.6 Å². The van der Waals surface area contributed by atoms with Gasteiger partial charge in [-0.25, -0.2) is 24.4 Å². The third-order valence-corrected chi connectivity index (χ3v) is 7.97. The zero-order valence-corrected chi connectivity index (χ0v) is 23.7.